The first-order valence-corrected chi connectivity index (χ1v) is 3.91. The highest BCUT2D eigenvalue weighted by Gasteiger charge is 2.12. The topological polar surface area (TPSA) is 30.7 Å². The number of allylic oxidation sites excluding steroid dienone is 1. The summed E-state index contributed by atoms with van der Waals surface area (Å²) in [6, 6.07) is 0. The summed E-state index contributed by atoms with van der Waals surface area (Å²) in [7, 11) is 0. The van der Waals surface area contributed by atoms with E-state index in [1.54, 1.807) is 0 Å². The van der Waals surface area contributed by atoms with E-state index in [9.17, 15) is 0 Å². The Morgan fingerprint density at radius 2 is 2.25 bits per heavy atom. The van der Waals surface area contributed by atoms with Crippen LogP contribution in [0.15, 0.2) is 24.7 Å². The van der Waals surface area contributed by atoms with E-state index in [1.165, 1.54) is 5.69 Å². The molecule has 0 saturated carbocycles. The highest BCUT2D eigenvalue weighted by molar-refractivity contribution is 5.62. The van der Waals surface area contributed by atoms with Crippen LogP contribution < -0.4 is 0 Å². The van der Waals surface area contributed by atoms with Gasteiger partial charge in [0.15, 0.2) is 0 Å². The minimum absolute atomic E-state index is 0.922. The van der Waals surface area contributed by atoms with Gasteiger partial charge in [-0.3, -0.25) is 4.98 Å². The zero-order chi connectivity index (χ0) is 7.97. The lowest BCUT2D eigenvalue weighted by Gasteiger charge is -2.08. The van der Waals surface area contributed by atoms with Crippen LogP contribution in [-0.4, -0.2) is 14.5 Å². The maximum Gasteiger partial charge on any atom is 0.133 e. The van der Waals surface area contributed by atoms with E-state index in [1.807, 2.05) is 24.7 Å². The van der Waals surface area contributed by atoms with Crippen molar-refractivity contribution in [3.8, 4) is 11.3 Å². The molecule has 0 unspecified atom stereocenters. The van der Waals surface area contributed by atoms with Crippen LogP contribution in [0.5, 0.6) is 0 Å². The van der Waals surface area contributed by atoms with E-state index in [4.69, 9.17) is 0 Å². The molecule has 0 aromatic rings. The Kier molecular flexibility index (Phi) is 0.961. The number of hydrogen-bond donors (Lipinski definition) is 0. The van der Waals surface area contributed by atoms with Gasteiger partial charge in [0.25, 0.3) is 0 Å². The van der Waals surface area contributed by atoms with Crippen LogP contribution in [0, 0.1) is 0 Å². The minimum atomic E-state index is 0.922. The highest BCUT2D eigenvalue weighted by Crippen LogP contribution is 2.23. The molecule has 0 aliphatic carbocycles. The van der Waals surface area contributed by atoms with Crippen molar-refractivity contribution in [1.82, 2.24) is 14.5 Å². The molecule has 0 spiro atoms. The molecule has 12 heavy (non-hydrogen) atoms. The second kappa shape index (κ2) is 1.94. The molecule has 0 atom stereocenters. The van der Waals surface area contributed by atoms with Crippen LogP contribution in [0.4, 0.5) is 0 Å². The lowest BCUT2D eigenvalue weighted by Crippen LogP contribution is -2.02. The molecule has 3 heterocycles. The molecule has 0 fully saturated rings. The normalized spacial score (nSPS) is 14.0. The molecule has 0 radical (unpaired) electrons. The summed E-state index contributed by atoms with van der Waals surface area (Å²) in [4.78, 5) is 8.39. The van der Waals surface area contributed by atoms with Gasteiger partial charge in [-0.2, -0.15) is 0 Å². The van der Waals surface area contributed by atoms with E-state index in [-0.39, 0.29) is 0 Å². The van der Waals surface area contributed by atoms with Crippen molar-refractivity contribution in [3.63, 3.8) is 0 Å². The molecule has 0 amide bonds. The Bertz CT molecular complexity index is 428. The lowest BCUT2D eigenvalue weighted by molar-refractivity contribution is 0.810. The Labute approximate surface area is 69.7 Å². The average Bonchev–Trinajstić information content (AvgIpc) is 2.71. The van der Waals surface area contributed by atoms with Gasteiger partial charge in [0.1, 0.15) is 5.82 Å². The highest BCUT2D eigenvalue weighted by atomic mass is 15.1. The monoisotopic (exact) mass is 157 g/mol. The van der Waals surface area contributed by atoms with Crippen LogP contribution in [-0.2, 0) is 6.54 Å². The van der Waals surface area contributed by atoms with Gasteiger partial charge in [-0.05, 0) is 6.08 Å². The standard InChI is InChI=1S/C9H7N3/c1-2-9-11-5-7-4-10-6-8(7)12(9)3-1/h1-2,4-6H,3H2. The van der Waals surface area contributed by atoms with Gasteiger partial charge in [0.2, 0.25) is 0 Å². The van der Waals surface area contributed by atoms with Gasteiger partial charge in [-0.1, -0.05) is 6.08 Å². The molecule has 0 saturated heterocycles. The summed E-state index contributed by atoms with van der Waals surface area (Å²) in [6.07, 6.45) is 9.73. The summed E-state index contributed by atoms with van der Waals surface area (Å²) in [5.74, 6) is 1.02. The predicted molar refractivity (Wildman–Crippen MR) is 45.7 cm³/mol. The third kappa shape index (κ3) is 0.605. The van der Waals surface area contributed by atoms with E-state index in [0.29, 0.717) is 0 Å². The maximum atomic E-state index is 4.30. The molecule has 3 aliphatic heterocycles. The summed E-state index contributed by atoms with van der Waals surface area (Å²) < 4.78 is 2.16. The Balaban J connectivity index is 2.41. The maximum absolute atomic E-state index is 4.30. The van der Waals surface area contributed by atoms with Crippen LogP contribution >= 0.6 is 0 Å². The SMILES string of the molecule is C1=Cc2ncc3cncc-3n2C1. The first kappa shape index (κ1) is 5.94. The molecule has 58 valence electrons. The fourth-order valence-corrected chi connectivity index (χ4v) is 1.57. The summed E-state index contributed by atoms with van der Waals surface area (Å²) in [6.45, 7) is 0.922. The van der Waals surface area contributed by atoms with Crippen LogP contribution in [0.2, 0.25) is 0 Å². The van der Waals surface area contributed by atoms with Gasteiger partial charge >= 0.3 is 0 Å². The van der Waals surface area contributed by atoms with Crippen molar-refractivity contribution in [2.24, 2.45) is 0 Å². The Hall–Kier alpha value is -1.64. The van der Waals surface area contributed by atoms with Crippen LogP contribution in [0.3, 0.4) is 0 Å². The molecule has 3 heteroatoms. The van der Waals surface area contributed by atoms with E-state index in [2.05, 4.69) is 20.6 Å². The van der Waals surface area contributed by atoms with Crippen LogP contribution in [0.1, 0.15) is 5.82 Å². The van der Waals surface area contributed by atoms with Gasteiger partial charge in [-0.15, -0.1) is 0 Å². The summed E-state index contributed by atoms with van der Waals surface area (Å²) >= 11 is 0. The third-order valence-electron chi connectivity index (χ3n) is 2.16. The zero-order valence-electron chi connectivity index (χ0n) is 6.44. The van der Waals surface area contributed by atoms with Crippen LogP contribution in [0.25, 0.3) is 17.3 Å². The summed E-state index contributed by atoms with van der Waals surface area (Å²) in [5.41, 5.74) is 2.28. The number of hydrogen-bond acceptors (Lipinski definition) is 2. The van der Waals surface area contributed by atoms with E-state index >= 15 is 0 Å². The smallest absolute Gasteiger partial charge is 0.133 e. The number of nitrogens with zero attached hydrogens (tertiary/aromatic N) is 3. The van der Waals surface area contributed by atoms with Crippen molar-refractivity contribution < 1.29 is 0 Å². The predicted octanol–water partition coefficient (Wildman–Crippen LogP) is 1.41. The molecule has 0 aromatic heterocycles. The second-order valence-electron chi connectivity index (χ2n) is 2.88. The minimum Gasteiger partial charge on any atom is -0.321 e. The van der Waals surface area contributed by atoms with Gasteiger partial charge in [-0.25, -0.2) is 4.98 Å². The number of fused-ring (bicyclic) bond motifs is 3. The fourth-order valence-electron chi connectivity index (χ4n) is 1.57. The summed E-state index contributed by atoms with van der Waals surface area (Å²) in [5, 5.41) is 0. The Morgan fingerprint density at radius 3 is 3.25 bits per heavy atom. The van der Waals surface area contributed by atoms with E-state index < -0.39 is 0 Å². The molecular formula is C9H7N3. The van der Waals surface area contributed by atoms with Gasteiger partial charge in [0, 0.05) is 24.5 Å². The first-order valence-electron chi connectivity index (χ1n) is 3.91. The largest absolute Gasteiger partial charge is 0.321 e. The number of aromatic nitrogens is 3. The van der Waals surface area contributed by atoms with E-state index in [0.717, 1.165) is 17.9 Å². The average molecular weight is 157 g/mol. The molecule has 0 N–H and O–H groups in total. The third-order valence-corrected chi connectivity index (χ3v) is 2.16. The molecule has 3 nitrogen and oxygen atoms in total. The van der Waals surface area contributed by atoms with Crippen molar-refractivity contribution in [2.45, 2.75) is 6.54 Å². The Morgan fingerprint density at radius 1 is 1.25 bits per heavy atom. The van der Waals surface area contributed by atoms with Crippen molar-refractivity contribution >= 4 is 6.08 Å². The van der Waals surface area contributed by atoms with Crippen molar-refractivity contribution in [1.29, 1.82) is 0 Å². The first-order chi connectivity index (χ1) is 5.95. The zero-order valence-corrected chi connectivity index (χ0v) is 6.44. The lowest BCUT2D eigenvalue weighted by atomic mass is 10.3. The molecule has 3 aliphatic rings. The van der Waals surface area contributed by atoms with Gasteiger partial charge < -0.3 is 4.57 Å². The van der Waals surface area contributed by atoms with Crippen molar-refractivity contribution in [2.75, 3.05) is 0 Å². The van der Waals surface area contributed by atoms with Gasteiger partial charge in [0.05, 0.1) is 11.9 Å². The number of rotatable bonds is 0. The second-order valence-corrected chi connectivity index (χ2v) is 2.88. The molecular weight excluding hydrogens is 150 g/mol. The molecule has 3 rings (SSSR count). The molecule has 0 aromatic carbocycles. The quantitative estimate of drug-likeness (QED) is 0.578. The van der Waals surface area contributed by atoms with Crippen molar-refractivity contribution in [3.05, 3.63) is 30.5 Å². The molecule has 0 bridgehead atoms. The fraction of sp³-hybridized carbons (Fsp3) is 0.111.